The molecule has 2 aliphatic rings. The first-order valence-electron chi connectivity index (χ1n) is 8.70. The van der Waals surface area contributed by atoms with E-state index in [1.165, 1.54) is 12.0 Å². The van der Waals surface area contributed by atoms with Gasteiger partial charge in [-0.3, -0.25) is 9.80 Å². The van der Waals surface area contributed by atoms with Crippen LogP contribution in [0, 0.1) is 0 Å². The molecule has 1 aromatic rings. The van der Waals surface area contributed by atoms with Crippen LogP contribution >= 0.6 is 0 Å². The monoisotopic (exact) mass is 316 g/mol. The number of piperazine rings is 1. The molecule has 0 saturated carbocycles. The number of amides is 1. The summed E-state index contributed by atoms with van der Waals surface area (Å²) in [5, 5.41) is 0. The molecule has 23 heavy (non-hydrogen) atoms. The molecule has 2 atom stereocenters. The van der Waals surface area contributed by atoms with Crippen LogP contribution in [0.4, 0.5) is 4.79 Å². The van der Waals surface area contributed by atoms with Gasteiger partial charge in [-0.05, 0) is 45.6 Å². The van der Waals surface area contributed by atoms with Gasteiger partial charge in [0, 0.05) is 31.7 Å². The van der Waals surface area contributed by atoms with Crippen LogP contribution in [0.25, 0.3) is 0 Å². The molecule has 0 unspecified atom stereocenters. The molecule has 2 aliphatic heterocycles. The molecule has 2 bridgehead atoms. The van der Waals surface area contributed by atoms with Crippen LogP contribution in [-0.2, 0) is 11.3 Å². The fourth-order valence-electron chi connectivity index (χ4n) is 3.78. The third kappa shape index (κ3) is 4.05. The molecule has 2 saturated heterocycles. The van der Waals surface area contributed by atoms with Crippen molar-refractivity contribution in [2.75, 3.05) is 13.1 Å². The fourth-order valence-corrected chi connectivity index (χ4v) is 3.78. The lowest BCUT2D eigenvalue weighted by molar-refractivity contribution is -0.0390. The summed E-state index contributed by atoms with van der Waals surface area (Å²) in [5.74, 6) is 0. The highest BCUT2D eigenvalue weighted by Gasteiger charge is 2.41. The summed E-state index contributed by atoms with van der Waals surface area (Å²) in [5.41, 5.74) is 0.920. The van der Waals surface area contributed by atoms with Gasteiger partial charge in [-0.15, -0.1) is 0 Å². The van der Waals surface area contributed by atoms with Crippen LogP contribution in [0.5, 0.6) is 0 Å². The summed E-state index contributed by atoms with van der Waals surface area (Å²) < 4.78 is 5.64. The first-order chi connectivity index (χ1) is 10.9. The molecule has 0 N–H and O–H groups in total. The van der Waals surface area contributed by atoms with Gasteiger partial charge in [0.15, 0.2) is 0 Å². The molecule has 126 valence electrons. The molecule has 2 fully saturated rings. The Morgan fingerprint density at radius 3 is 2.30 bits per heavy atom. The van der Waals surface area contributed by atoms with Crippen molar-refractivity contribution < 1.29 is 9.53 Å². The van der Waals surface area contributed by atoms with Crippen LogP contribution < -0.4 is 0 Å². The van der Waals surface area contributed by atoms with E-state index in [1.54, 1.807) is 0 Å². The van der Waals surface area contributed by atoms with Crippen molar-refractivity contribution in [2.24, 2.45) is 0 Å². The molecule has 4 heteroatoms. The zero-order valence-corrected chi connectivity index (χ0v) is 14.5. The van der Waals surface area contributed by atoms with E-state index in [2.05, 4.69) is 35.2 Å². The number of rotatable bonds is 2. The van der Waals surface area contributed by atoms with E-state index < -0.39 is 5.60 Å². The highest BCUT2D eigenvalue weighted by molar-refractivity contribution is 5.69. The average molecular weight is 316 g/mol. The van der Waals surface area contributed by atoms with Gasteiger partial charge in [0.25, 0.3) is 0 Å². The highest BCUT2D eigenvalue weighted by atomic mass is 16.6. The summed E-state index contributed by atoms with van der Waals surface area (Å²) in [4.78, 5) is 17.1. The third-order valence-corrected chi connectivity index (χ3v) is 4.65. The molecule has 1 amide bonds. The summed E-state index contributed by atoms with van der Waals surface area (Å²) in [6.45, 7) is 8.68. The third-order valence-electron chi connectivity index (χ3n) is 4.65. The van der Waals surface area contributed by atoms with Crippen LogP contribution in [0.15, 0.2) is 30.3 Å². The van der Waals surface area contributed by atoms with E-state index in [4.69, 9.17) is 4.74 Å². The van der Waals surface area contributed by atoms with Crippen LogP contribution in [-0.4, -0.2) is 46.7 Å². The minimum absolute atomic E-state index is 0.133. The van der Waals surface area contributed by atoms with Crippen LogP contribution in [0.1, 0.15) is 45.6 Å². The molecule has 2 heterocycles. The number of hydrogen-bond donors (Lipinski definition) is 0. The summed E-state index contributed by atoms with van der Waals surface area (Å²) >= 11 is 0. The maximum atomic E-state index is 12.6. The molecule has 0 aliphatic carbocycles. The van der Waals surface area contributed by atoms with Crippen molar-refractivity contribution in [3.63, 3.8) is 0 Å². The Labute approximate surface area is 139 Å². The Bertz CT molecular complexity index is 524. The van der Waals surface area contributed by atoms with E-state index in [0.29, 0.717) is 12.1 Å². The number of carbonyl (C=O) groups excluding carboxylic acids is 1. The zero-order chi connectivity index (χ0) is 16.4. The molecule has 0 spiro atoms. The Hall–Kier alpha value is -1.55. The van der Waals surface area contributed by atoms with Gasteiger partial charge in [0.05, 0.1) is 0 Å². The van der Waals surface area contributed by atoms with E-state index in [9.17, 15) is 4.79 Å². The van der Waals surface area contributed by atoms with E-state index in [-0.39, 0.29) is 6.09 Å². The second-order valence-corrected chi connectivity index (χ2v) is 7.81. The summed E-state index contributed by atoms with van der Waals surface area (Å²) in [6, 6.07) is 11.2. The van der Waals surface area contributed by atoms with Crippen molar-refractivity contribution in [2.45, 2.75) is 64.3 Å². The molecular formula is C19H28N2O2. The number of likely N-dealkylation sites (tertiary alicyclic amines) is 1. The number of hydrogen-bond acceptors (Lipinski definition) is 3. The van der Waals surface area contributed by atoms with Gasteiger partial charge in [-0.1, -0.05) is 30.3 Å². The molecule has 4 nitrogen and oxygen atoms in total. The number of carbonyl (C=O) groups is 1. The topological polar surface area (TPSA) is 32.8 Å². The van der Waals surface area contributed by atoms with Gasteiger partial charge >= 0.3 is 6.09 Å². The smallest absolute Gasteiger partial charge is 0.410 e. The highest BCUT2D eigenvalue weighted by Crippen LogP contribution is 2.31. The summed E-state index contributed by atoms with van der Waals surface area (Å²) in [6.07, 6.45) is 3.25. The molecule has 0 radical (unpaired) electrons. The minimum atomic E-state index is -0.424. The minimum Gasteiger partial charge on any atom is -0.444 e. The maximum Gasteiger partial charge on any atom is 0.410 e. The fraction of sp³-hybridized carbons (Fsp3) is 0.632. The normalized spacial score (nSPS) is 25.3. The Balaban J connectivity index is 1.67. The predicted molar refractivity (Wildman–Crippen MR) is 91.2 cm³/mol. The number of piperidine rings is 1. The van der Waals surface area contributed by atoms with Crippen LogP contribution in [0.3, 0.4) is 0 Å². The molecule has 3 rings (SSSR count). The van der Waals surface area contributed by atoms with Crippen molar-refractivity contribution in [3.05, 3.63) is 35.9 Å². The quantitative estimate of drug-likeness (QED) is 0.835. The Morgan fingerprint density at radius 2 is 1.74 bits per heavy atom. The van der Waals surface area contributed by atoms with E-state index in [1.807, 2.05) is 25.7 Å². The lowest BCUT2D eigenvalue weighted by Crippen LogP contribution is -2.62. The lowest BCUT2D eigenvalue weighted by atomic mass is 9.91. The van der Waals surface area contributed by atoms with Gasteiger partial charge in [0.2, 0.25) is 0 Å². The van der Waals surface area contributed by atoms with Crippen molar-refractivity contribution >= 4 is 6.09 Å². The molecule has 0 aromatic heterocycles. The second kappa shape index (κ2) is 6.52. The van der Waals surface area contributed by atoms with Crippen LogP contribution in [0.2, 0.25) is 0 Å². The van der Waals surface area contributed by atoms with Crippen molar-refractivity contribution in [3.8, 4) is 0 Å². The average Bonchev–Trinajstić information content (AvgIpc) is 2.45. The maximum absolute atomic E-state index is 12.6. The number of nitrogens with zero attached hydrogens (tertiary/aromatic N) is 2. The Kier molecular flexibility index (Phi) is 4.62. The zero-order valence-electron chi connectivity index (χ0n) is 14.5. The van der Waals surface area contributed by atoms with E-state index >= 15 is 0 Å². The second-order valence-electron chi connectivity index (χ2n) is 7.81. The SMILES string of the molecule is CC(C)(C)OC(=O)N1[C@@H]2CCC[C@H]1CN(Cc1ccccc1)C2. The predicted octanol–water partition coefficient (Wildman–Crippen LogP) is 3.66. The molecular weight excluding hydrogens is 288 g/mol. The molecule has 1 aromatic carbocycles. The first kappa shape index (κ1) is 16.3. The van der Waals surface area contributed by atoms with Gasteiger partial charge in [-0.2, -0.15) is 0 Å². The van der Waals surface area contributed by atoms with Gasteiger partial charge < -0.3 is 4.74 Å². The first-order valence-corrected chi connectivity index (χ1v) is 8.70. The largest absolute Gasteiger partial charge is 0.444 e. The number of fused-ring (bicyclic) bond motifs is 2. The standard InChI is InChI=1S/C19H28N2O2/c1-19(2,3)23-18(22)21-16-10-7-11-17(21)14-20(13-16)12-15-8-5-4-6-9-15/h4-6,8-9,16-17H,7,10-14H2,1-3H3/t16-,17+. The van der Waals surface area contributed by atoms with E-state index in [0.717, 1.165) is 32.5 Å². The van der Waals surface area contributed by atoms with Gasteiger partial charge in [-0.25, -0.2) is 4.79 Å². The number of ether oxygens (including phenoxy) is 1. The Morgan fingerprint density at radius 1 is 1.13 bits per heavy atom. The van der Waals surface area contributed by atoms with Crippen molar-refractivity contribution in [1.82, 2.24) is 9.80 Å². The van der Waals surface area contributed by atoms with Gasteiger partial charge in [0.1, 0.15) is 5.60 Å². The summed E-state index contributed by atoms with van der Waals surface area (Å²) in [7, 11) is 0. The van der Waals surface area contributed by atoms with Crippen molar-refractivity contribution in [1.29, 1.82) is 0 Å². The number of benzene rings is 1. The lowest BCUT2D eigenvalue weighted by Gasteiger charge is -2.50.